The molecule has 1 N–H and O–H groups in total. The zero-order valence-corrected chi connectivity index (χ0v) is 11.6. The minimum absolute atomic E-state index is 0.0728. The Morgan fingerprint density at radius 2 is 2.59 bits per heavy atom. The Morgan fingerprint density at radius 1 is 1.76 bits per heavy atom. The fraction of sp³-hybridized carbons (Fsp3) is 0.636. The van der Waals surface area contributed by atoms with Crippen molar-refractivity contribution in [3.63, 3.8) is 0 Å². The molecular weight excluding hydrogens is 256 g/mol. The molecule has 0 spiro atoms. The summed E-state index contributed by atoms with van der Waals surface area (Å²) >= 11 is 3.36. The summed E-state index contributed by atoms with van der Waals surface area (Å²) in [6.07, 6.45) is 1.46. The van der Waals surface area contributed by atoms with E-state index in [4.69, 9.17) is 4.74 Å². The SMILES string of the molecule is CC(=O)Nc1nc(CS[C@H]2CCO[C@H]2C)cs1. The molecule has 1 saturated heterocycles. The molecule has 1 amide bonds. The molecule has 1 aromatic rings. The maximum Gasteiger partial charge on any atom is 0.223 e. The number of hydrogen-bond acceptors (Lipinski definition) is 5. The van der Waals surface area contributed by atoms with Gasteiger partial charge in [0.25, 0.3) is 0 Å². The average molecular weight is 272 g/mol. The quantitative estimate of drug-likeness (QED) is 0.915. The molecule has 94 valence electrons. The molecule has 0 radical (unpaired) electrons. The summed E-state index contributed by atoms with van der Waals surface area (Å²) in [5, 5.41) is 5.95. The first-order valence-corrected chi connectivity index (χ1v) is 7.53. The summed E-state index contributed by atoms with van der Waals surface area (Å²) in [4.78, 5) is 15.2. The highest BCUT2D eigenvalue weighted by Crippen LogP contribution is 2.29. The Bertz CT molecular complexity index is 395. The first-order chi connectivity index (χ1) is 8.15. The molecule has 6 heteroatoms. The number of anilines is 1. The van der Waals surface area contributed by atoms with Gasteiger partial charge in [-0.1, -0.05) is 0 Å². The number of nitrogens with one attached hydrogen (secondary N) is 1. The van der Waals surface area contributed by atoms with Gasteiger partial charge in [0.05, 0.1) is 11.8 Å². The van der Waals surface area contributed by atoms with Crippen LogP contribution in [0.4, 0.5) is 5.13 Å². The lowest BCUT2D eigenvalue weighted by atomic mass is 10.3. The maximum absolute atomic E-state index is 10.9. The van der Waals surface area contributed by atoms with Gasteiger partial charge < -0.3 is 10.1 Å². The number of ether oxygens (including phenoxy) is 1. The zero-order chi connectivity index (χ0) is 12.3. The van der Waals surface area contributed by atoms with E-state index in [0.717, 1.165) is 24.5 Å². The smallest absolute Gasteiger partial charge is 0.223 e. The third-order valence-corrected chi connectivity index (χ3v) is 4.90. The van der Waals surface area contributed by atoms with Crippen molar-refractivity contribution in [2.45, 2.75) is 37.4 Å². The second kappa shape index (κ2) is 5.84. The lowest BCUT2D eigenvalue weighted by molar-refractivity contribution is -0.114. The van der Waals surface area contributed by atoms with Crippen LogP contribution in [0.15, 0.2) is 5.38 Å². The van der Waals surface area contributed by atoms with Crippen molar-refractivity contribution >= 4 is 34.1 Å². The largest absolute Gasteiger partial charge is 0.377 e. The van der Waals surface area contributed by atoms with E-state index in [1.54, 1.807) is 0 Å². The number of thiazole rings is 1. The maximum atomic E-state index is 10.9. The molecule has 0 aromatic carbocycles. The monoisotopic (exact) mass is 272 g/mol. The van der Waals surface area contributed by atoms with Crippen LogP contribution in [-0.2, 0) is 15.3 Å². The van der Waals surface area contributed by atoms with Crippen LogP contribution < -0.4 is 5.32 Å². The van der Waals surface area contributed by atoms with Crippen molar-refractivity contribution in [2.24, 2.45) is 0 Å². The highest BCUT2D eigenvalue weighted by atomic mass is 32.2. The number of nitrogens with zero attached hydrogens (tertiary/aromatic N) is 1. The molecule has 17 heavy (non-hydrogen) atoms. The molecule has 0 aliphatic carbocycles. The Labute approximate surface area is 109 Å². The second-order valence-electron chi connectivity index (χ2n) is 4.04. The minimum atomic E-state index is -0.0728. The molecule has 1 fully saturated rings. The highest BCUT2D eigenvalue weighted by molar-refractivity contribution is 7.99. The van der Waals surface area contributed by atoms with Crippen molar-refractivity contribution in [3.05, 3.63) is 11.1 Å². The van der Waals surface area contributed by atoms with Gasteiger partial charge in [0.1, 0.15) is 0 Å². The van der Waals surface area contributed by atoms with Crippen molar-refractivity contribution in [1.82, 2.24) is 4.98 Å². The number of aromatic nitrogens is 1. The molecule has 2 heterocycles. The van der Waals surface area contributed by atoms with E-state index >= 15 is 0 Å². The number of hydrogen-bond donors (Lipinski definition) is 1. The van der Waals surface area contributed by atoms with Crippen LogP contribution in [0.1, 0.15) is 26.0 Å². The van der Waals surface area contributed by atoms with Crippen molar-refractivity contribution in [2.75, 3.05) is 11.9 Å². The van der Waals surface area contributed by atoms with Gasteiger partial charge in [0.15, 0.2) is 5.13 Å². The van der Waals surface area contributed by atoms with Crippen LogP contribution in [0.2, 0.25) is 0 Å². The number of carbonyl (C=O) groups is 1. The number of thioether (sulfide) groups is 1. The van der Waals surface area contributed by atoms with Gasteiger partial charge in [-0.2, -0.15) is 0 Å². The second-order valence-corrected chi connectivity index (χ2v) is 6.12. The fourth-order valence-electron chi connectivity index (χ4n) is 1.70. The Morgan fingerprint density at radius 3 is 3.24 bits per heavy atom. The molecule has 1 aliphatic heterocycles. The van der Waals surface area contributed by atoms with Crippen LogP contribution >= 0.6 is 23.1 Å². The standard InChI is InChI=1S/C11H16N2O2S2/c1-7-10(3-4-15-7)16-5-9-6-17-11(13-9)12-8(2)14/h6-7,10H,3-5H2,1-2H3,(H,12,13,14)/t7-,10-/m0/s1. The summed E-state index contributed by atoms with van der Waals surface area (Å²) in [5.41, 5.74) is 1.03. The summed E-state index contributed by atoms with van der Waals surface area (Å²) in [6.45, 7) is 4.48. The van der Waals surface area contributed by atoms with Crippen LogP contribution in [0.5, 0.6) is 0 Å². The van der Waals surface area contributed by atoms with Gasteiger partial charge in [-0.15, -0.1) is 23.1 Å². The normalized spacial score (nSPS) is 23.9. The molecule has 1 aromatic heterocycles. The van der Waals surface area contributed by atoms with Gasteiger partial charge >= 0.3 is 0 Å². The minimum Gasteiger partial charge on any atom is -0.377 e. The molecule has 0 bridgehead atoms. The zero-order valence-electron chi connectivity index (χ0n) is 9.93. The van der Waals surface area contributed by atoms with E-state index in [0.29, 0.717) is 16.5 Å². The summed E-state index contributed by atoms with van der Waals surface area (Å²) < 4.78 is 5.52. The number of amides is 1. The topological polar surface area (TPSA) is 51.2 Å². The lowest BCUT2D eigenvalue weighted by Gasteiger charge is -2.12. The highest BCUT2D eigenvalue weighted by Gasteiger charge is 2.24. The van der Waals surface area contributed by atoms with Crippen LogP contribution in [0.25, 0.3) is 0 Å². The van der Waals surface area contributed by atoms with Gasteiger partial charge in [0, 0.05) is 29.9 Å². The van der Waals surface area contributed by atoms with E-state index in [9.17, 15) is 4.79 Å². The molecule has 0 saturated carbocycles. The molecule has 2 rings (SSSR count). The summed E-state index contributed by atoms with van der Waals surface area (Å²) in [7, 11) is 0. The Hall–Kier alpha value is -0.590. The van der Waals surface area contributed by atoms with E-state index in [1.807, 2.05) is 17.1 Å². The Kier molecular flexibility index (Phi) is 4.42. The molecular formula is C11H16N2O2S2. The van der Waals surface area contributed by atoms with Crippen molar-refractivity contribution in [3.8, 4) is 0 Å². The molecule has 4 nitrogen and oxygen atoms in total. The number of carbonyl (C=O) groups excluding carboxylic acids is 1. The van der Waals surface area contributed by atoms with Gasteiger partial charge in [0.2, 0.25) is 5.91 Å². The van der Waals surface area contributed by atoms with Crippen LogP contribution in [0.3, 0.4) is 0 Å². The summed E-state index contributed by atoms with van der Waals surface area (Å²) in [5.74, 6) is 0.811. The van der Waals surface area contributed by atoms with E-state index in [1.165, 1.54) is 18.3 Å². The molecule has 0 unspecified atom stereocenters. The van der Waals surface area contributed by atoms with Crippen molar-refractivity contribution < 1.29 is 9.53 Å². The summed E-state index contributed by atoms with van der Waals surface area (Å²) in [6, 6.07) is 0. The lowest BCUT2D eigenvalue weighted by Crippen LogP contribution is -2.13. The number of rotatable bonds is 4. The van der Waals surface area contributed by atoms with Crippen LogP contribution in [-0.4, -0.2) is 28.9 Å². The third kappa shape index (κ3) is 3.69. The Balaban J connectivity index is 1.82. The van der Waals surface area contributed by atoms with Gasteiger partial charge in [-0.25, -0.2) is 4.98 Å². The third-order valence-electron chi connectivity index (χ3n) is 2.59. The molecule has 2 atom stereocenters. The van der Waals surface area contributed by atoms with E-state index < -0.39 is 0 Å². The average Bonchev–Trinajstić information content (AvgIpc) is 2.84. The van der Waals surface area contributed by atoms with Crippen molar-refractivity contribution in [1.29, 1.82) is 0 Å². The van der Waals surface area contributed by atoms with Gasteiger partial charge in [-0.05, 0) is 13.3 Å². The first kappa shape index (κ1) is 12.9. The fourth-order valence-corrected chi connectivity index (χ4v) is 3.71. The predicted molar refractivity (Wildman–Crippen MR) is 71.5 cm³/mol. The first-order valence-electron chi connectivity index (χ1n) is 5.60. The van der Waals surface area contributed by atoms with Crippen LogP contribution in [0, 0.1) is 0 Å². The van der Waals surface area contributed by atoms with E-state index in [-0.39, 0.29) is 5.91 Å². The van der Waals surface area contributed by atoms with Gasteiger partial charge in [-0.3, -0.25) is 4.79 Å². The predicted octanol–water partition coefficient (Wildman–Crippen LogP) is 2.51. The van der Waals surface area contributed by atoms with E-state index in [2.05, 4.69) is 17.2 Å². The molecule has 1 aliphatic rings.